The zero-order valence-electron chi connectivity index (χ0n) is 10.0. The van der Waals surface area contributed by atoms with Crippen LogP contribution in [0.3, 0.4) is 0 Å². The Morgan fingerprint density at radius 2 is 2.12 bits per heavy atom. The van der Waals surface area contributed by atoms with Crippen LogP contribution in [0.15, 0.2) is 0 Å². The number of anilines is 1. The van der Waals surface area contributed by atoms with Crippen molar-refractivity contribution >= 4 is 11.6 Å². The first-order valence-corrected chi connectivity index (χ1v) is 5.64. The Balaban J connectivity index is 2.42. The van der Waals surface area contributed by atoms with Crippen molar-refractivity contribution in [3.8, 4) is 6.07 Å². The molecule has 2 rings (SSSR count). The van der Waals surface area contributed by atoms with Crippen molar-refractivity contribution in [1.29, 1.82) is 5.26 Å². The fourth-order valence-electron chi connectivity index (χ4n) is 1.97. The highest BCUT2D eigenvalue weighted by Gasteiger charge is 2.22. The second-order valence-corrected chi connectivity index (χ2v) is 4.28. The molecule has 5 nitrogen and oxygen atoms in total. The van der Waals surface area contributed by atoms with Gasteiger partial charge in [-0.1, -0.05) is 0 Å². The predicted molar refractivity (Wildman–Crippen MR) is 62.7 cm³/mol. The van der Waals surface area contributed by atoms with Gasteiger partial charge in [0.2, 0.25) is 0 Å². The maximum atomic E-state index is 11.4. The average molecular weight is 230 g/mol. The Bertz CT molecular complexity index is 504. The number of piperidine rings is 1. The maximum absolute atomic E-state index is 11.4. The van der Waals surface area contributed by atoms with Gasteiger partial charge in [0, 0.05) is 13.0 Å². The minimum Gasteiger partial charge on any atom is -0.347 e. The van der Waals surface area contributed by atoms with Gasteiger partial charge in [-0.15, -0.1) is 5.10 Å². The standard InChI is InChI=1S/C12H14N4O/c1-8-9(2)14-15-12(11(8)6-13)16-5-3-4-10(17)7-16/h3-5,7H2,1-2H3. The summed E-state index contributed by atoms with van der Waals surface area (Å²) in [7, 11) is 0. The molecule has 0 aliphatic carbocycles. The number of ketones is 1. The summed E-state index contributed by atoms with van der Waals surface area (Å²) in [6.45, 7) is 4.79. The second kappa shape index (κ2) is 4.50. The van der Waals surface area contributed by atoms with E-state index in [1.165, 1.54) is 0 Å². The van der Waals surface area contributed by atoms with Crippen LogP contribution in [-0.2, 0) is 4.79 Å². The summed E-state index contributed by atoms with van der Waals surface area (Å²) in [5, 5.41) is 17.3. The summed E-state index contributed by atoms with van der Waals surface area (Å²) in [5.41, 5.74) is 2.14. The normalized spacial score (nSPS) is 15.8. The molecule has 17 heavy (non-hydrogen) atoms. The van der Waals surface area contributed by atoms with Crippen LogP contribution >= 0.6 is 0 Å². The zero-order valence-corrected chi connectivity index (χ0v) is 10.0. The van der Waals surface area contributed by atoms with Crippen molar-refractivity contribution in [2.75, 3.05) is 18.0 Å². The first-order chi connectivity index (χ1) is 8.13. The highest BCUT2D eigenvalue weighted by Crippen LogP contribution is 2.23. The van der Waals surface area contributed by atoms with E-state index in [2.05, 4.69) is 16.3 Å². The van der Waals surface area contributed by atoms with Gasteiger partial charge >= 0.3 is 0 Å². The lowest BCUT2D eigenvalue weighted by Crippen LogP contribution is -2.37. The van der Waals surface area contributed by atoms with Crippen molar-refractivity contribution in [1.82, 2.24) is 10.2 Å². The highest BCUT2D eigenvalue weighted by atomic mass is 16.1. The fraction of sp³-hybridized carbons (Fsp3) is 0.500. The molecular formula is C12H14N4O. The van der Waals surface area contributed by atoms with E-state index >= 15 is 0 Å². The number of nitrogens with zero attached hydrogens (tertiary/aromatic N) is 4. The highest BCUT2D eigenvalue weighted by molar-refractivity contribution is 5.84. The summed E-state index contributed by atoms with van der Waals surface area (Å²) < 4.78 is 0. The molecule has 0 bridgehead atoms. The number of carbonyl (C=O) groups excluding carboxylic acids is 1. The fourth-order valence-corrected chi connectivity index (χ4v) is 1.97. The summed E-state index contributed by atoms with van der Waals surface area (Å²) >= 11 is 0. The topological polar surface area (TPSA) is 69.9 Å². The third-order valence-electron chi connectivity index (χ3n) is 3.10. The molecule has 0 saturated carbocycles. The van der Waals surface area contributed by atoms with E-state index in [-0.39, 0.29) is 5.78 Å². The molecule has 0 amide bonds. The molecule has 88 valence electrons. The lowest BCUT2D eigenvalue weighted by Gasteiger charge is -2.27. The quantitative estimate of drug-likeness (QED) is 0.723. The van der Waals surface area contributed by atoms with E-state index in [1.54, 1.807) is 0 Å². The van der Waals surface area contributed by atoms with Gasteiger partial charge in [0.25, 0.3) is 0 Å². The first-order valence-electron chi connectivity index (χ1n) is 5.64. The molecule has 1 aromatic rings. The van der Waals surface area contributed by atoms with Gasteiger partial charge in [0.1, 0.15) is 11.6 Å². The van der Waals surface area contributed by atoms with Crippen molar-refractivity contribution in [3.63, 3.8) is 0 Å². The van der Waals surface area contributed by atoms with Gasteiger partial charge in [-0.05, 0) is 25.8 Å². The largest absolute Gasteiger partial charge is 0.347 e. The van der Waals surface area contributed by atoms with Crippen LogP contribution in [0.1, 0.15) is 29.7 Å². The molecule has 0 unspecified atom stereocenters. The van der Waals surface area contributed by atoms with E-state index in [1.807, 2.05) is 18.7 Å². The Hall–Kier alpha value is -1.96. The summed E-state index contributed by atoms with van der Waals surface area (Å²) in [6, 6.07) is 2.16. The van der Waals surface area contributed by atoms with Gasteiger partial charge in [0.05, 0.1) is 12.2 Å². The molecule has 5 heteroatoms. The average Bonchev–Trinajstić information content (AvgIpc) is 2.32. The van der Waals surface area contributed by atoms with Crippen LogP contribution in [0.5, 0.6) is 0 Å². The molecule has 1 aliphatic rings. The van der Waals surface area contributed by atoms with Crippen molar-refractivity contribution in [2.45, 2.75) is 26.7 Å². The molecule has 1 aliphatic heterocycles. The Kier molecular flexibility index (Phi) is 3.05. The van der Waals surface area contributed by atoms with Crippen LogP contribution in [0.4, 0.5) is 5.82 Å². The predicted octanol–water partition coefficient (Wildman–Crippen LogP) is 1.13. The van der Waals surface area contributed by atoms with E-state index in [9.17, 15) is 10.1 Å². The lowest BCUT2D eigenvalue weighted by atomic mass is 10.1. The summed E-state index contributed by atoms with van der Waals surface area (Å²) in [4.78, 5) is 13.3. The lowest BCUT2D eigenvalue weighted by molar-refractivity contribution is -0.118. The van der Waals surface area contributed by atoms with E-state index in [0.29, 0.717) is 24.3 Å². The van der Waals surface area contributed by atoms with Gasteiger partial charge in [-0.25, -0.2) is 0 Å². The van der Waals surface area contributed by atoms with Crippen molar-refractivity contribution in [3.05, 3.63) is 16.8 Å². The van der Waals surface area contributed by atoms with Gasteiger partial charge in [-0.3, -0.25) is 4.79 Å². The Labute approximate surface area is 100 Å². The summed E-state index contributed by atoms with van der Waals surface area (Å²) in [6.07, 6.45) is 1.44. The number of hydrogen-bond acceptors (Lipinski definition) is 5. The maximum Gasteiger partial charge on any atom is 0.169 e. The number of aryl methyl sites for hydroxylation is 1. The molecule has 0 atom stereocenters. The van der Waals surface area contributed by atoms with E-state index in [0.717, 1.165) is 24.2 Å². The third-order valence-corrected chi connectivity index (χ3v) is 3.10. The molecule has 0 aromatic carbocycles. The molecule has 0 N–H and O–H groups in total. The van der Waals surface area contributed by atoms with Gasteiger partial charge in [-0.2, -0.15) is 10.4 Å². The molecular weight excluding hydrogens is 216 g/mol. The van der Waals surface area contributed by atoms with Crippen LogP contribution in [0.25, 0.3) is 0 Å². The van der Waals surface area contributed by atoms with Crippen LogP contribution in [-0.4, -0.2) is 29.1 Å². The number of hydrogen-bond donors (Lipinski definition) is 0. The molecule has 1 fully saturated rings. The third kappa shape index (κ3) is 2.11. The van der Waals surface area contributed by atoms with Crippen LogP contribution < -0.4 is 4.90 Å². The Morgan fingerprint density at radius 3 is 2.76 bits per heavy atom. The summed E-state index contributed by atoms with van der Waals surface area (Å²) in [5.74, 6) is 0.740. The number of rotatable bonds is 1. The van der Waals surface area contributed by atoms with E-state index in [4.69, 9.17) is 0 Å². The van der Waals surface area contributed by atoms with Gasteiger partial charge in [0.15, 0.2) is 11.6 Å². The van der Waals surface area contributed by atoms with Crippen LogP contribution in [0, 0.1) is 25.2 Å². The Morgan fingerprint density at radius 1 is 1.35 bits per heavy atom. The number of aromatic nitrogens is 2. The van der Waals surface area contributed by atoms with Crippen LogP contribution in [0.2, 0.25) is 0 Å². The van der Waals surface area contributed by atoms with E-state index < -0.39 is 0 Å². The SMILES string of the molecule is Cc1nnc(N2CCCC(=O)C2)c(C#N)c1C. The zero-order chi connectivity index (χ0) is 12.4. The molecule has 1 aromatic heterocycles. The monoisotopic (exact) mass is 230 g/mol. The first kappa shape index (κ1) is 11.5. The molecule has 2 heterocycles. The second-order valence-electron chi connectivity index (χ2n) is 4.28. The molecule has 0 radical (unpaired) electrons. The minimum atomic E-state index is 0.195. The molecule has 1 saturated heterocycles. The number of nitriles is 1. The molecule has 0 spiro atoms. The van der Waals surface area contributed by atoms with Crippen molar-refractivity contribution in [2.24, 2.45) is 0 Å². The van der Waals surface area contributed by atoms with Gasteiger partial charge < -0.3 is 4.90 Å². The number of Topliss-reactive ketones (excluding diaryl/α,β-unsaturated/α-hetero) is 1. The minimum absolute atomic E-state index is 0.195. The van der Waals surface area contributed by atoms with Crippen molar-refractivity contribution < 1.29 is 4.79 Å². The number of carbonyl (C=O) groups is 1. The smallest absolute Gasteiger partial charge is 0.169 e.